The maximum Gasteiger partial charge on any atom is 0.140 e. The first-order valence-electron chi connectivity index (χ1n) is 7.30. The van der Waals surface area contributed by atoms with Crippen LogP contribution in [0.25, 0.3) is 0 Å². The zero-order chi connectivity index (χ0) is 15.7. The topological polar surface area (TPSA) is 32.6 Å². The van der Waals surface area contributed by atoms with E-state index < -0.39 is 0 Å². The molecule has 1 aliphatic rings. The van der Waals surface area contributed by atoms with E-state index in [1.165, 1.54) is 12.1 Å². The van der Waals surface area contributed by atoms with Gasteiger partial charge in [0.15, 0.2) is 0 Å². The Bertz CT molecular complexity index is 460. The number of aliphatic imine (C=N–C) groups is 1. The minimum Gasteiger partial charge on any atom is -0.506 e. The lowest BCUT2D eigenvalue weighted by atomic mass is 9.94. The van der Waals surface area contributed by atoms with Crippen molar-refractivity contribution in [2.24, 2.45) is 10.9 Å². The van der Waals surface area contributed by atoms with Gasteiger partial charge in [-0.2, -0.15) is 0 Å². The van der Waals surface area contributed by atoms with E-state index in [1.54, 1.807) is 12.1 Å². The standard InChI is InChI=1S/C13H14FNO.2C2H6/c1-8-7-15-12(13(16)9(8)2)10-3-5-11(14)6-4-10;2*1-2/h3-6,8,16H,7H2,1-2H3;2*1-2H3. The van der Waals surface area contributed by atoms with E-state index in [2.05, 4.69) is 4.99 Å². The molecule has 1 aromatic rings. The molecule has 0 spiro atoms. The third-order valence-corrected chi connectivity index (χ3v) is 2.98. The number of allylic oxidation sites excluding steroid dienone is 1. The van der Waals surface area contributed by atoms with Gasteiger partial charge in [-0.3, -0.25) is 4.99 Å². The van der Waals surface area contributed by atoms with Crippen LogP contribution < -0.4 is 0 Å². The lowest BCUT2D eigenvalue weighted by Crippen LogP contribution is -2.18. The van der Waals surface area contributed by atoms with Gasteiger partial charge in [-0.15, -0.1) is 0 Å². The van der Waals surface area contributed by atoms with Gasteiger partial charge in [0.2, 0.25) is 0 Å². The molecule has 1 N–H and O–H groups in total. The van der Waals surface area contributed by atoms with Crippen molar-refractivity contribution in [1.29, 1.82) is 0 Å². The van der Waals surface area contributed by atoms with Crippen LogP contribution in [0.5, 0.6) is 0 Å². The van der Waals surface area contributed by atoms with Crippen LogP contribution in [0.15, 0.2) is 40.6 Å². The molecule has 2 nitrogen and oxygen atoms in total. The Balaban J connectivity index is 0.000000829. The molecule has 0 saturated heterocycles. The molecule has 20 heavy (non-hydrogen) atoms. The SMILES string of the molecule is CC.CC.CC1=C(O)C(c2ccc(F)cc2)=NCC1C. The van der Waals surface area contributed by atoms with E-state index in [0.29, 0.717) is 12.3 Å². The minimum atomic E-state index is -0.284. The molecule has 0 saturated carbocycles. The zero-order valence-electron chi connectivity index (χ0n) is 13.4. The Morgan fingerprint density at radius 2 is 1.60 bits per heavy atom. The number of halogens is 1. The molecule has 0 amide bonds. The van der Waals surface area contributed by atoms with Crippen LogP contribution in [0, 0.1) is 11.7 Å². The van der Waals surface area contributed by atoms with Gasteiger partial charge in [0.05, 0.1) is 0 Å². The summed E-state index contributed by atoms with van der Waals surface area (Å²) in [6.45, 7) is 12.6. The van der Waals surface area contributed by atoms with Crippen molar-refractivity contribution < 1.29 is 9.50 Å². The van der Waals surface area contributed by atoms with Crippen molar-refractivity contribution >= 4 is 5.71 Å². The fraction of sp³-hybridized carbons (Fsp3) is 0.471. The number of nitrogens with zero attached hydrogens (tertiary/aromatic N) is 1. The summed E-state index contributed by atoms with van der Waals surface area (Å²) in [5.41, 5.74) is 2.26. The molecule has 1 aliphatic heterocycles. The van der Waals surface area contributed by atoms with E-state index in [9.17, 15) is 9.50 Å². The fourth-order valence-electron chi connectivity index (χ4n) is 1.70. The van der Waals surface area contributed by atoms with Crippen LogP contribution in [-0.4, -0.2) is 17.4 Å². The highest BCUT2D eigenvalue weighted by atomic mass is 19.1. The first-order valence-corrected chi connectivity index (χ1v) is 7.30. The minimum absolute atomic E-state index is 0.227. The van der Waals surface area contributed by atoms with Gasteiger partial charge in [0.25, 0.3) is 0 Å². The summed E-state index contributed by atoms with van der Waals surface area (Å²) in [5.74, 6) is 0.211. The van der Waals surface area contributed by atoms with E-state index >= 15 is 0 Å². The first-order chi connectivity index (χ1) is 9.59. The average Bonchev–Trinajstić information content (AvgIpc) is 2.50. The first kappa shape index (κ1) is 18.4. The van der Waals surface area contributed by atoms with E-state index in [1.807, 2.05) is 41.5 Å². The summed E-state index contributed by atoms with van der Waals surface area (Å²) in [7, 11) is 0. The number of hydrogen-bond donors (Lipinski definition) is 1. The molecular weight excluding hydrogens is 253 g/mol. The van der Waals surface area contributed by atoms with Crippen molar-refractivity contribution in [2.75, 3.05) is 6.54 Å². The smallest absolute Gasteiger partial charge is 0.140 e. The molecule has 112 valence electrons. The van der Waals surface area contributed by atoms with Gasteiger partial charge < -0.3 is 5.11 Å². The third kappa shape index (κ3) is 4.48. The summed E-state index contributed by atoms with van der Waals surface area (Å²) in [6, 6.07) is 6.01. The molecule has 2 rings (SSSR count). The molecule has 1 unspecified atom stereocenters. The maximum absolute atomic E-state index is 12.8. The number of aliphatic hydroxyl groups is 1. The maximum atomic E-state index is 12.8. The molecule has 0 aromatic heterocycles. The molecular formula is C17H26FNO. The van der Waals surface area contributed by atoms with Gasteiger partial charge in [-0.25, -0.2) is 4.39 Å². The number of rotatable bonds is 1. The van der Waals surface area contributed by atoms with Crippen molar-refractivity contribution in [1.82, 2.24) is 0 Å². The molecule has 0 aliphatic carbocycles. The number of hydrogen-bond acceptors (Lipinski definition) is 2. The summed E-state index contributed by atoms with van der Waals surface area (Å²) in [5, 5.41) is 9.99. The second-order valence-corrected chi connectivity index (χ2v) is 4.13. The molecule has 1 atom stereocenters. The van der Waals surface area contributed by atoms with Gasteiger partial charge in [-0.05, 0) is 36.8 Å². The van der Waals surface area contributed by atoms with Crippen molar-refractivity contribution in [3.63, 3.8) is 0 Å². The van der Waals surface area contributed by atoms with Gasteiger partial charge in [-0.1, -0.05) is 34.6 Å². The normalized spacial score (nSPS) is 17.4. The van der Waals surface area contributed by atoms with Crippen LogP contribution in [0.1, 0.15) is 47.1 Å². The molecule has 0 radical (unpaired) electrons. The highest BCUT2D eigenvalue weighted by molar-refractivity contribution is 6.11. The van der Waals surface area contributed by atoms with Crippen molar-refractivity contribution in [3.05, 3.63) is 47.0 Å². The van der Waals surface area contributed by atoms with Crippen molar-refractivity contribution in [3.8, 4) is 0 Å². The lowest BCUT2D eigenvalue weighted by molar-refractivity contribution is 0.420. The van der Waals surface area contributed by atoms with E-state index in [4.69, 9.17) is 0 Å². The van der Waals surface area contributed by atoms with Crippen LogP contribution in [0.3, 0.4) is 0 Å². The van der Waals surface area contributed by atoms with Crippen LogP contribution >= 0.6 is 0 Å². The van der Waals surface area contributed by atoms with Crippen LogP contribution in [-0.2, 0) is 0 Å². The predicted octanol–water partition coefficient (Wildman–Crippen LogP) is 5.15. The second kappa shape index (κ2) is 9.29. The average molecular weight is 279 g/mol. The van der Waals surface area contributed by atoms with E-state index in [-0.39, 0.29) is 17.5 Å². The number of dihydropyridines is 1. The van der Waals surface area contributed by atoms with Gasteiger partial charge >= 0.3 is 0 Å². The largest absolute Gasteiger partial charge is 0.506 e. The van der Waals surface area contributed by atoms with Crippen molar-refractivity contribution in [2.45, 2.75) is 41.5 Å². The van der Waals surface area contributed by atoms with Gasteiger partial charge in [0.1, 0.15) is 17.3 Å². The number of aliphatic hydroxyl groups excluding tert-OH is 1. The molecule has 0 fully saturated rings. The molecule has 1 aromatic carbocycles. The van der Waals surface area contributed by atoms with Crippen LogP contribution in [0.2, 0.25) is 0 Å². The highest BCUT2D eigenvalue weighted by Crippen LogP contribution is 2.23. The Morgan fingerprint density at radius 3 is 2.10 bits per heavy atom. The summed E-state index contributed by atoms with van der Waals surface area (Å²) in [4.78, 5) is 4.33. The Hall–Kier alpha value is -1.64. The fourth-order valence-corrected chi connectivity index (χ4v) is 1.70. The Morgan fingerprint density at radius 1 is 1.10 bits per heavy atom. The van der Waals surface area contributed by atoms with Gasteiger partial charge in [0, 0.05) is 18.0 Å². The Kier molecular flexibility index (Phi) is 8.53. The molecule has 3 heteroatoms. The summed E-state index contributed by atoms with van der Waals surface area (Å²) in [6.07, 6.45) is 0. The highest BCUT2D eigenvalue weighted by Gasteiger charge is 2.20. The van der Waals surface area contributed by atoms with Crippen LogP contribution in [0.4, 0.5) is 4.39 Å². The summed E-state index contributed by atoms with van der Waals surface area (Å²) >= 11 is 0. The predicted molar refractivity (Wildman–Crippen MR) is 85.0 cm³/mol. The summed E-state index contributed by atoms with van der Waals surface area (Å²) < 4.78 is 12.8. The Labute approximate surface area is 122 Å². The zero-order valence-corrected chi connectivity index (χ0v) is 13.4. The molecule has 1 heterocycles. The second-order valence-electron chi connectivity index (χ2n) is 4.13. The van der Waals surface area contributed by atoms with E-state index in [0.717, 1.165) is 11.1 Å². The lowest BCUT2D eigenvalue weighted by Gasteiger charge is -2.19. The number of benzene rings is 1. The quantitative estimate of drug-likeness (QED) is 0.757. The molecule has 0 bridgehead atoms. The monoisotopic (exact) mass is 279 g/mol. The third-order valence-electron chi connectivity index (χ3n) is 2.98.